The fourth-order valence-corrected chi connectivity index (χ4v) is 5.36. The van der Waals surface area contributed by atoms with Gasteiger partial charge < -0.3 is 5.32 Å². The molecular formula is C16H22ClN3O2S2. The summed E-state index contributed by atoms with van der Waals surface area (Å²) in [5.41, 5.74) is 1.79. The van der Waals surface area contributed by atoms with Crippen LogP contribution in [0, 0.1) is 6.92 Å². The molecule has 1 aliphatic heterocycles. The topological polar surface area (TPSA) is 62.3 Å². The number of benzene rings is 1. The molecule has 2 aromatic rings. The minimum absolute atomic E-state index is 0. The van der Waals surface area contributed by atoms with E-state index >= 15 is 0 Å². The van der Waals surface area contributed by atoms with Gasteiger partial charge in [0.25, 0.3) is 0 Å². The third kappa shape index (κ3) is 3.97. The van der Waals surface area contributed by atoms with Crippen molar-refractivity contribution < 1.29 is 8.42 Å². The molecule has 1 aromatic carbocycles. The van der Waals surface area contributed by atoms with E-state index in [0.29, 0.717) is 18.0 Å². The molecule has 8 heteroatoms. The van der Waals surface area contributed by atoms with Crippen molar-refractivity contribution in [1.82, 2.24) is 14.6 Å². The van der Waals surface area contributed by atoms with Crippen LogP contribution in [-0.4, -0.2) is 42.9 Å². The lowest BCUT2D eigenvalue weighted by Crippen LogP contribution is -2.55. The summed E-state index contributed by atoms with van der Waals surface area (Å²) in [4.78, 5) is 4.78. The van der Waals surface area contributed by atoms with Crippen molar-refractivity contribution in [1.29, 1.82) is 0 Å². The zero-order valence-corrected chi connectivity index (χ0v) is 16.3. The number of aryl methyl sites for hydroxylation is 1. The van der Waals surface area contributed by atoms with Gasteiger partial charge in [-0.1, -0.05) is 12.1 Å². The van der Waals surface area contributed by atoms with Crippen molar-refractivity contribution >= 4 is 33.8 Å². The third-order valence-electron chi connectivity index (χ3n) is 3.86. The van der Waals surface area contributed by atoms with Crippen LogP contribution in [0.4, 0.5) is 0 Å². The highest BCUT2D eigenvalue weighted by atomic mass is 35.5. The van der Waals surface area contributed by atoms with Gasteiger partial charge in [0.1, 0.15) is 5.01 Å². The van der Waals surface area contributed by atoms with Gasteiger partial charge in [-0.25, -0.2) is 13.4 Å². The summed E-state index contributed by atoms with van der Waals surface area (Å²) in [5, 5.41) is 6.18. The fraction of sp³-hybridized carbons (Fsp3) is 0.438. The Morgan fingerprint density at radius 3 is 2.50 bits per heavy atom. The van der Waals surface area contributed by atoms with Crippen molar-refractivity contribution in [3.8, 4) is 10.6 Å². The van der Waals surface area contributed by atoms with Gasteiger partial charge >= 0.3 is 0 Å². The van der Waals surface area contributed by atoms with E-state index in [2.05, 4.69) is 10.3 Å². The molecule has 1 aliphatic rings. The van der Waals surface area contributed by atoms with Crippen molar-refractivity contribution in [2.75, 3.05) is 13.1 Å². The lowest BCUT2D eigenvalue weighted by molar-refractivity contribution is 0.263. The molecule has 1 fully saturated rings. The Balaban J connectivity index is 0.00000208. The van der Waals surface area contributed by atoms with Crippen molar-refractivity contribution in [2.45, 2.75) is 37.8 Å². The first kappa shape index (κ1) is 19.3. The molecule has 5 nitrogen and oxygen atoms in total. The molecule has 1 N–H and O–H groups in total. The average Bonchev–Trinajstić information content (AvgIpc) is 2.93. The summed E-state index contributed by atoms with van der Waals surface area (Å²) in [5.74, 6) is 0. The zero-order valence-electron chi connectivity index (χ0n) is 13.9. The van der Waals surface area contributed by atoms with E-state index in [0.717, 1.165) is 16.3 Å². The van der Waals surface area contributed by atoms with Crippen LogP contribution in [0.25, 0.3) is 10.6 Å². The number of nitrogens with one attached hydrogen (secondary N) is 1. The number of sulfonamides is 1. The number of thiazole rings is 1. The highest BCUT2D eigenvalue weighted by Crippen LogP contribution is 2.27. The van der Waals surface area contributed by atoms with Gasteiger partial charge in [-0.3, -0.25) is 0 Å². The van der Waals surface area contributed by atoms with Crippen LogP contribution in [-0.2, 0) is 10.0 Å². The SMILES string of the molecule is Cc1csc(-c2cccc(S(=O)(=O)N3CC(C)NC(C)C3)c2)n1.Cl. The number of piperazine rings is 1. The smallest absolute Gasteiger partial charge is 0.243 e. The number of aromatic nitrogens is 1. The molecule has 1 aromatic heterocycles. The molecule has 0 spiro atoms. The van der Waals surface area contributed by atoms with E-state index in [4.69, 9.17) is 0 Å². The molecule has 0 saturated carbocycles. The molecule has 0 aliphatic carbocycles. The second-order valence-corrected chi connectivity index (χ2v) is 8.91. The Bertz CT molecular complexity index is 797. The maximum atomic E-state index is 12.9. The van der Waals surface area contributed by atoms with Gasteiger partial charge in [-0.15, -0.1) is 23.7 Å². The quantitative estimate of drug-likeness (QED) is 0.879. The first-order valence-corrected chi connectivity index (χ1v) is 9.97. The van der Waals surface area contributed by atoms with Gasteiger partial charge in [-0.2, -0.15) is 4.31 Å². The summed E-state index contributed by atoms with van der Waals surface area (Å²) in [6, 6.07) is 7.38. The Hall–Kier alpha value is -0.990. The average molecular weight is 388 g/mol. The Kier molecular flexibility index (Phi) is 6.04. The second-order valence-electron chi connectivity index (χ2n) is 6.11. The van der Waals surface area contributed by atoms with E-state index in [1.54, 1.807) is 22.5 Å². The molecule has 24 heavy (non-hydrogen) atoms. The van der Waals surface area contributed by atoms with Crippen LogP contribution in [0.5, 0.6) is 0 Å². The summed E-state index contributed by atoms with van der Waals surface area (Å²) >= 11 is 1.53. The number of halogens is 1. The molecule has 2 unspecified atom stereocenters. The molecule has 0 amide bonds. The van der Waals surface area contributed by atoms with Crippen LogP contribution >= 0.6 is 23.7 Å². The van der Waals surface area contributed by atoms with Crippen molar-refractivity contribution in [2.24, 2.45) is 0 Å². The standard InChI is InChI=1S/C16H21N3O2S2.ClH/c1-11-8-19(9-12(2)17-11)23(20,21)15-6-4-5-14(7-15)16-18-13(3)10-22-16;/h4-7,10-12,17H,8-9H2,1-3H3;1H. The van der Waals surface area contributed by atoms with Crippen LogP contribution in [0.15, 0.2) is 34.5 Å². The van der Waals surface area contributed by atoms with Gasteiger partial charge in [0.15, 0.2) is 0 Å². The summed E-state index contributed by atoms with van der Waals surface area (Å²) < 4.78 is 27.5. The Morgan fingerprint density at radius 1 is 1.25 bits per heavy atom. The van der Waals surface area contributed by atoms with Crippen molar-refractivity contribution in [3.63, 3.8) is 0 Å². The first-order chi connectivity index (χ1) is 10.9. The van der Waals surface area contributed by atoms with E-state index < -0.39 is 10.0 Å². The number of hydrogen-bond acceptors (Lipinski definition) is 5. The van der Waals surface area contributed by atoms with E-state index in [1.165, 1.54) is 11.3 Å². The van der Waals surface area contributed by atoms with Crippen molar-refractivity contribution in [3.05, 3.63) is 35.3 Å². The maximum absolute atomic E-state index is 12.9. The van der Waals surface area contributed by atoms with E-state index in [1.807, 2.05) is 32.2 Å². The lowest BCUT2D eigenvalue weighted by Gasteiger charge is -2.35. The summed E-state index contributed by atoms with van der Waals surface area (Å²) in [7, 11) is -3.48. The molecule has 132 valence electrons. The molecule has 2 heterocycles. The highest BCUT2D eigenvalue weighted by Gasteiger charge is 2.31. The van der Waals surface area contributed by atoms with Crippen LogP contribution in [0.2, 0.25) is 0 Å². The fourth-order valence-electron chi connectivity index (χ4n) is 2.90. The van der Waals surface area contributed by atoms with Gasteiger partial charge in [0.2, 0.25) is 10.0 Å². The number of rotatable bonds is 3. The molecule has 0 bridgehead atoms. The maximum Gasteiger partial charge on any atom is 0.243 e. The third-order valence-corrected chi connectivity index (χ3v) is 6.70. The Morgan fingerprint density at radius 2 is 1.92 bits per heavy atom. The van der Waals surface area contributed by atoms with Gasteiger partial charge in [-0.05, 0) is 32.9 Å². The Labute approximate surface area is 153 Å². The number of hydrogen-bond donors (Lipinski definition) is 1. The van der Waals surface area contributed by atoms with Gasteiger partial charge in [0.05, 0.1) is 4.90 Å². The summed E-state index contributed by atoms with van der Waals surface area (Å²) in [6.07, 6.45) is 0. The number of nitrogens with zero attached hydrogens (tertiary/aromatic N) is 2. The zero-order chi connectivity index (χ0) is 16.6. The molecule has 1 saturated heterocycles. The van der Waals surface area contributed by atoms with Crippen LogP contribution in [0.1, 0.15) is 19.5 Å². The highest BCUT2D eigenvalue weighted by molar-refractivity contribution is 7.89. The summed E-state index contributed by atoms with van der Waals surface area (Å²) in [6.45, 7) is 6.94. The molecular weight excluding hydrogens is 366 g/mol. The van der Waals surface area contributed by atoms with Crippen LogP contribution in [0.3, 0.4) is 0 Å². The molecule has 2 atom stereocenters. The van der Waals surface area contributed by atoms with E-state index in [9.17, 15) is 8.42 Å². The minimum Gasteiger partial charge on any atom is -0.309 e. The minimum atomic E-state index is -3.48. The predicted molar refractivity (Wildman–Crippen MR) is 100 cm³/mol. The second kappa shape index (κ2) is 7.49. The normalized spacial score (nSPS) is 22.1. The monoisotopic (exact) mass is 387 g/mol. The first-order valence-electron chi connectivity index (χ1n) is 7.65. The van der Waals surface area contributed by atoms with E-state index in [-0.39, 0.29) is 24.5 Å². The predicted octanol–water partition coefficient (Wildman–Crippen LogP) is 2.91. The lowest BCUT2D eigenvalue weighted by atomic mass is 10.2. The molecule has 3 rings (SSSR count). The largest absolute Gasteiger partial charge is 0.309 e. The van der Waals surface area contributed by atoms with Gasteiger partial charge in [0, 0.05) is 41.8 Å². The van der Waals surface area contributed by atoms with Crippen LogP contribution < -0.4 is 5.32 Å². The molecule has 0 radical (unpaired) electrons.